The summed E-state index contributed by atoms with van der Waals surface area (Å²) in [6, 6.07) is 9.15. The van der Waals surface area contributed by atoms with Crippen LogP contribution in [0, 0.1) is 5.92 Å². The highest BCUT2D eigenvalue weighted by Crippen LogP contribution is 2.29. The molecule has 3 rings (SSSR count). The van der Waals surface area contributed by atoms with Crippen molar-refractivity contribution in [2.24, 2.45) is 5.92 Å². The zero-order valence-electron chi connectivity index (χ0n) is 11.9. The van der Waals surface area contributed by atoms with Crippen LogP contribution in [0.2, 0.25) is 0 Å². The Morgan fingerprint density at radius 2 is 2.16 bits per heavy atom. The maximum atomic E-state index is 4.85. The van der Waals surface area contributed by atoms with Crippen molar-refractivity contribution in [3.8, 4) is 0 Å². The van der Waals surface area contributed by atoms with Gasteiger partial charge >= 0.3 is 0 Å². The fraction of sp³-hybridized carbons (Fsp3) is 0.562. The van der Waals surface area contributed by atoms with Gasteiger partial charge in [-0.2, -0.15) is 0 Å². The normalized spacial score (nSPS) is 23.3. The molecule has 0 radical (unpaired) electrons. The third kappa shape index (κ3) is 2.27. The van der Waals surface area contributed by atoms with Gasteiger partial charge in [0.2, 0.25) is 0 Å². The van der Waals surface area contributed by atoms with Gasteiger partial charge in [0, 0.05) is 19.0 Å². The first kappa shape index (κ1) is 12.7. The van der Waals surface area contributed by atoms with Gasteiger partial charge in [-0.1, -0.05) is 18.6 Å². The monoisotopic (exact) mass is 257 g/mol. The third-order valence-corrected chi connectivity index (χ3v) is 4.52. The van der Waals surface area contributed by atoms with E-state index in [0.717, 1.165) is 24.4 Å². The van der Waals surface area contributed by atoms with Crippen molar-refractivity contribution in [3.63, 3.8) is 0 Å². The van der Waals surface area contributed by atoms with Gasteiger partial charge in [0.05, 0.1) is 11.0 Å². The van der Waals surface area contributed by atoms with E-state index in [9.17, 15) is 0 Å². The molecule has 102 valence electrons. The number of para-hydroxylation sites is 2. The van der Waals surface area contributed by atoms with E-state index >= 15 is 0 Å². The van der Waals surface area contributed by atoms with Gasteiger partial charge in [-0.3, -0.25) is 0 Å². The topological polar surface area (TPSA) is 29.9 Å². The Kier molecular flexibility index (Phi) is 3.56. The van der Waals surface area contributed by atoms with Gasteiger partial charge in [0.15, 0.2) is 0 Å². The van der Waals surface area contributed by atoms with Crippen LogP contribution in [-0.2, 0) is 13.0 Å². The molecule has 2 unspecified atom stereocenters. The van der Waals surface area contributed by atoms with Crippen molar-refractivity contribution in [2.45, 2.75) is 45.2 Å². The third-order valence-electron chi connectivity index (χ3n) is 4.52. The highest BCUT2D eigenvalue weighted by atomic mass is 15.1. The number of rotatable bonds is 4. The van der Waals surface area contributed by atoms with Gasteiger partial charge in [0.25, 0.3) is 0 Å². The summed E-state index contributed by atoms with van der Waals surface area (Å²) in [5.74, 6) is 2.00. The zero-order valence-corrected chi connectivity index (χ0v) is 11.9. The van der Waals surface area contributed by atoms with Crippen molar-refractivity contribution in [3.05, 3.63) is 30.1 Å². The van der Waals surface area contributed by atoms with E-state index in [4.69, 9.17) is 4.98 Å². The predicted molar refractivity (Wildman–Crippen MR) is 79.3 cm³/mol. The molecule has 2 aromatic rings. The average molecular weight is 257 g/mol. The summed E-state index contributed by atoms with van der Waals surface area (Å²) >= 11 is 0. The molecule has 1 aliphatic rings. The van der Waals surface area contributed by atoms with E-state index in [0.29, 0.717) is 6.04 Å². The average Bonchev–Trinajstić information content (AvgIpc) is 3.02. The number of hydrogen-bond acceptors (Lipinski definition) is 2. The number of imidazole rings is 1. The summed E-state index contributed by atoms with van der Waals surface area (Å²) in [5.41, 5.74) is 2.41. The molecular weight excluding hydrogens is 234 g/mol. The standard InChI is InChI=1S/C16H23N3/c1-3-19-15-10-5-4-8-14(15)18-16(19)11-12-7-6-9-13(12)17-2/h4-5,8,10,12-13,17H,3,6-7,9,11H2,1-2H3. The van der Waals surface area contributed by atoms with Gasteiger partial charge in [0.1, 0.15) is 5.82 Å². The van der Waals surface area contributed by atoms with Crippen LogP contribution in [0.3, 0.4) is 0 Å². The minimum absolute atomic E-state index is 0.671. The lowest BCUT2D eigenvalue weighted by molar-refractivity contribution is 0.411. The molecule has 19 heavy (non-hydrogen) atoms. The molecule has 2 atom stereocenters. The Labute approximate surface area is 115 Å². The second-order valence-electron chi connectivity index (χ2n) is 5.55. The van der Waals surface area contributed by atoms with Crippen molar-refractivity contribution in [2.75, 3.05) is 7.05 Å². The quantitative estimate of drug-likeness (QED) is 0.912. The summed E-state index contributed by atoms with van der Waals surface area (Å²) < 4.78 is 2.38. The van der Waals surface area contributed by atoms with E-state index in [2.05, 4.69) is 48.1 Å². The number of aromatic nitrogens is 2. The molecule has 1 saturated carbocycles. The molecule has 0 aliphatic heterocycles. The number of nitrogens with one attached hydrogen (secondary N) is 1. The molecule has 3 heteroatoms. The molecule has 0 saturated heterocycles. The van der Waals surface area contributed by atoms with Crippen LogP contribution in [-0.4, -0.2) is 22.6 Å². The second-order valence-corrected chi connectivity index (χ2v) is 5.55. The highest BCUT2D eigenvalue weighted by molar-refractivity contribution is 5.75. The maximum absolute atomic E-state index is 4.85. The van der Waals surface area contributed by atoms with Gasteiger partial charge in [-0.25, -0.2) is 4.98 Å². The van der Waals surface area contributed by atoms with Crippen molar-refractivity contribution in [1.82, 2.24) is 14.9 Å². The Morgan fingerprint density at radius 1 is 1.32 bits per heavy atom. The SMILES string of the molecule is CCn1c(CC2CCCC2NC)nc2ccccc21. The van der Waals surface area contributed by atoms with E-state index in [1.54, 1.807) is 0 Å². The molecular formula is C16H23N3. The molecule has 1 aromatic carbocycles. The summed E-state index contributed by atoms with van der Waals surface area (Å²) in [4.78, 5) is 4.85. The van der Waals surface area contributed by atoms with E-state index in [-0.39, 0.29) is 0 Å². The molecule has 0 bridgehead atoms. The minimum atomic E-state index is 0.671. The van der Waals surface area contributed by atoms with Crippen molar-refractivity contribution in [1.29, 1.82) is 0 Å². The molecule has 1 aliphatic carbocycles. The van der Waals surface area contributed by atoms with Gasteiger partial charge < -0.3 is 9.88 Å². The fourth-order valence-electron chi connectivity index (χ4n) is 3.53. The van der Waals surface area contributed by atoms with Crippen LogP contribution in [0.25, 0.3) is 11.0 Å². The first-order valence-electron chi connectivity index (χ1n) is 7.45. The lowest BCUT2D eigenvalue weighted by Gasteiger charge is -2.19. The second kappa shape index (κ2) is 5.33. The molecule has 1 heterocycles. The Morgan fingerprint density at radius 3 is 2.95 bits per heavy atom. The van der Waals surface area contributed by atoms with Crippen molar-refractivity contribution < 1.29 is 0 Å². The number of benzene rings is 1. The van der Waals surface area contributed by atoms with E-state index < -0.39 is 0 Å². The molecule has 0 spiro atoms. The van der Waals surface area contributed by atoms with Crippen LogP contribution >= 0.6 is 0 Å². The summed E-state index contributed by atoms with van der Waals surface area (Å²) in [5, 5.41) is 3.47. The van der Waals surface area contributed by atoms with Crippen LogP contribution in [0.5, 0.6) is 0 Å². The van der Waals surface area contributed by atoms with Crippen LogP contribution in [0.4, 0.5) is 0 Å². The molecule has 3 nitrogen and oxygen atoms in total. The molecule has 0 amide bonds. The van der Waals surface area contributed by atoms with Gasteiger partial charge in [-0.05, 0) is 44.9 Å². The van der Waals surface area contributed by atoms with Crippen LogP contribution in [0.15, 0.2) is 24.3 Å². The first-order valence-corrected chi connectivity index (χ1v) is 7.45. The maximum Gasteiger partial charge on any atom is 0.110 e. The lowest BCUT2D eigenvalue weighted by Crippen LogP contribution is -2.30. The van der Waals surface area contributed by atoms with Crippen molar-refractivity contribution >= 4 is 11.0 Å². The highest BCUT2D eigenvalue weighted by Gasteiger charge is 2.27. The number of nitrogens with zero attached hydrogens (tertiary/aromatic N) is 2. The van der Waals surface area contributed by atoms with E-state index in [1.807, 2.05) is 0 Å². The minimum Gasteiger partial charge on any atom is -0.328 e. The Bertz CT molecular complexity index is 558. The largest absolute Gasteiger partial charge is 0.328 e. The van der Waals surface area contributed by atoms with E-state index in [1.165, 1.54) is 30.6 Å². The molecule has 1 aromatic heterocycles. The summed E-state index contributed by atoms with van der Waals surface area (Å²) in [6.07, 6.45) is 5.10. The first-order chi connectivity index (χ1) is 9.33. The summed E-state index contributed by atoms with van der Waals surface area (Å²) in [6.45, 7) is 3.22. The lowest BCUT2D eigenvalue weighted by atomic mass is 9.99. The van der Waals surface area contributed by atoms with Gasteiger partial charge in [-0.15, -0.1) is 0 Å². The summed E-state index contributed by atoms with van der Waals surface area (Å²) in [7, 11) is 2.09. The molecule has 1 fully saturated rings. The Hall–Kier alpha value is -1.35. The fourth-order valence-corrected chi connectivity index (χ4v) is 3.53. The predicted octanol–water partition coefficient (Wildman–Crippen LogP) is 2.99. The van der Waals surface area contributed by atoms with Crippen LogP contribution < -0.4 is 5.32 Å². The smallest absolute Gasteiger partial charge is 0.110 e. The zero-order chi connectivity index (χ0) is 13.2. The number of aryl methyl sites for hydroxylation is 1. The number of hydrogen-bond donors (Lipinski definition) is 1. The number of fused-ring (bicyclic) bond motifs is 1. The Balaban J connectivity index is 1.92. The molecule has 1 N–H and O–H groups in total. The van der Waals surface area contributed by atoms with Crippen LogP contribution in [0.1, 0.15) is 32.0 Å².